The Balaban J connectivity index is 1.76. The minimum Gasteiger partial charge on any atom is -0.490 e. The Morgan fingerprint density at radius 2 is 2.03 bits per heavy atom. The molecule has 0 saturated heterocycles. The third-order valence-corrected chi connectivity index (χ3v) is 6.79. The Hall–Kier alpha value is -3.54. The number of nitrogens with zero attached hydrogens (tertiary/aromatic N) is 3. The molecule has 0 bridgehead atoms. The van der Waals surface area contributed by atoms with Crippen LogP contribution in [-0.2, 0) is 10.3 Å². The number of hydrogen-bond donors (Lipinski definition) is 1. The summed E-state index contributed by atoms with van der Waals surface area (Å²) in [7, 11) is 1.50. The van der Waals surface area contributed by atoms with Crippen molar-refractivity contribution < 1.29 is 22.7 Å². The van der Waals surface area contributed by atoms with Crippen molar-refractivity contribution in [3.05, 3.63) is 53.6 Å². The lowest BCUT2D eigenvalue weighted by Crippen LogP contribution is -2.46. The van der Waals surface area contributed by atoms with E-state index < -0.39 is 29.6 Å². The molecule has 3 unspecified atom stereocenters. The fraction of sp³-hybridized carbons (Fsp3) is 0.423. The molecule has 6 nitrogen and oxygen atoms in total. The monoisotopic (exact) mass is 484 g/mol. The predicted molar refractivity (Wildman–Crippen MR) is 125 cm³/mol. The Kier molecular flexibility index (Phi) is 6.50. The van der Waals surface area contributed by atoms with Gasteiger partial charge in [-0.25, -0.2) is 4.99 Å². The smallest absolute Gasteiger partial charge is 0.391 e. The van der Waals surface area contributed by atoms with Crippen LogP contribution in [0.3, 0.4) is 0 Å². The molecule has 1 spiro atoms. The van der Waals surface area contributed by atoms with Crippen molar-refractivity contribution in [2.24, 2.45) is 16.6 Å². The number of amides is 1. The second kappa shape index (κ2) is 9.25. The fourth-order valence-electron chi connectivity index (χ4n) is 4.89. The van der Waals surface area contributed by atoms with E-state index in [1.165, 1.54) is 11.9 Å². The van der Waals surface area contributed by atoms with Crippen LogP contribution in [0.4, 0.5) is 13.2 Å². The average Bonchev–Trinajstić information content (AvgIpc) is 3.04. The SMILES string of the molecule is CCCCC(CC1CC2(N=C(N)N(C)C2=O)c2cc(-c3cccc(C#N)c3)ccc2O1)C(F)(F)F. The highest BCUT2D eigenvalue weighted by molar-refractivity contribution is 6.07. The quantitative estimate of drug-likeness (QED) is 0.616. The van der Waals surface area contributed by atoms with E-state index in [2.05, 4.69) is 11.1 Å². The number of nitriles is 1. The molecule has 9 heteroatoms. The van der Waals surface area contributed by atoms with E-state index in [4.69, 9.17) is 10.5 Å². The van der Waals surface area contributed by atoms with Crippen molar-refractivity contribution in [1.29, 1.82) is 5.26 Å². The van der Waals surface area contributed by atoms with Gasteiger partial charge in [-0.2, -0.15) is 18.4 Å². The zero-order chi connectivity index (χ0) is 25.4. The summed E-state index contributed by atoms with van der Waals surface area (Å²) >= 11 is 0. The third-order valence-electron chi connectivity index (χ3n) is 6.79. The molecule has 3 atom stereocenters. The third kappa shape index (κ3) is 4.57. The number of halogens is 3. The number of likely N-dealkylation sites (N-methyl/N-ethyl adjacent to an activating group) is 1. The van der Waals surface area contributed by atoms with Crippen LogP contribution in [0, 0.1) is 17.2 Å². The van der Waals surface area contributed by atoms with Crippen LogP contribution < -0.4 is 10.5 Å². The van der Waals surface area contributed by atoms with Crippen LogP contribution in [0.25, 0.3) is 11.1 Å². The number of fused-ring (bicyclic) bond motifs is 2. The molecule has 0 aliphatic carbocycles. The summed E-state index contributed by atoms with van der Waals surface area (Å²) in [5, 5.41) is 9.24. The van der Waals surface area contributed by atoms with Gasteiger partial charge in [0.05, 0.1) is 17.6 Å². The Morgan fingerprint density at radius 3 is 2.66 bits per heavy atom. The number of hydrogen-bond acceptors (Lipinski definition) is 5. The van der Waals surface area contributed by atoms with Gasteiger partial charge >= 0.3 is 6.18 Å². The number of benzene rings is 2. The van der Waals surface area contributed by atoms with Crippen molar-refractivity contribution in [2.45, 2.75) is 56.8 Å². The Bertz CT molecular complexity index is 1200. The van der Waals surface area contributed by atoms with Crippen molar-refractivity contribution in [2.75, 3.05) is 7.05 Å². The van der Waals surface area contributed by atoms with Crippen LogP contribution in [0.5, 0.6) is 5.75 Å². The number of ether oxygens (including phenoxy) is 1. The molecule has 0 fully saturated rings. The summed E-state index contributed by atoms with van der Waals surface area (Å²) in [5.41, 5.74) is 6.98. The first-order valence-corrected chi connectivity index (χ1v) is 11.6. The van der Waals surface area contributed by atoms with Gasteiger partial charge in [0.2, 0.25) is 0 Å². The fourth-order valence-corrected chi connectivity index (χ4v) is 4.89. The van der Waals surface area contributed by atoms with E-state index in [-0.39, 0.29) is 25.2 Å². The molecule has 2 aliphatic heterocycles. The molecule has 2 N–H and O–H groups in total. The van der Waals surface area contributed by atoms with Gasteiger partial charge in [-0.15, -0.1) is 0 Å². The molecule has 4 rings (SSSR count). The highest BCUT2D eigenvalue weighted by atomic mass is 19.4. The topological polar surface area (TPSA) is 91.7 Å². The van der Waals surface area contributed by atoms with Gasteiger partial charge in [-0.05, 0) is 48.2 Å². The summed E-state index contributed by atoms with van der Waals surface area (Å²) in [4.78, 5) is 19.1. The molecule has 2 aromatic rings. The zero-order valence-corrected chi connectivity index (χ0v) is 19.6. The molecule has 0 radical (unpaired) electrons. The van der Waals surface area contributed by atoms with Gasteiger partial charge < -0.3 is 10.5 Å². The van der Waals surface area contributed by atoms with Crippen LogP contribution in [-0.4, -0.2) is 36.1 Å². The maximum atomic E-state index is 13.8. The lowest BCUT2D eigenvalue weighted by Gasteiger charge is -2.38. The van der Waals surface area contributed by atoms with Gasteiger partial charge in [0.1, 0.15) is 11.9 Å². The first-order chi connectivity index (χ1) is 16.6. The number of guanidine groups is 1. The van der Waals surface area contributed by atoms with E-state index in [0.29, 0.717) is 29.7 Å². The molecular formula is C26H27F3N4O2. The zero-order valence-electron chi connectivity index (χ0n) is 19.6. The van der Waals surface area contributed by atoms with Gasteiger partial charge in [-0.3, -0.25) is 9.69 Å². The minimum atomic E-state index is -4.36. The number of carbonyl (C=O) groups is 1. The highest BCUT2D eigenvalue weighted by Crippen LogP contribution is 2.49. The number of rotatable bonds is 6. The number of alkyl halides is 3. The minimum absolute atomic E-state index is 0.00709. The second-order valence-corrected chi connectivity index (χ2v) is 9.16. The number of unbranched alkanes of at least 4 members (excludes halogenated alkanes) is 1. The molecule has 0 saturated carbocycles. The van der Waals surface area contributed by atoms with E-state index in [1.807, 2.05) is 13.0 Å². The molecule has 184 valence electrons. The summed E-state index contributed by atoms with van der Waals surface area (Å²) in [6.07, 6.45) is -4.40. The van der Waals surface area contributed by atoms with Crippen LogP contribution in [0.1, 0.15) is 50.2 Å². The first kappa shape index (κ1) is 24.6. The number of carbonyl (C=O) groups excluding carboxylic acids is 1. The molecule has 35 heavy (non-hydrogen) atoms. The van der Waals surface area contributed by atoms with Crippen molar-refractivity contribution in [3.8, 4) is 22.9 Å². The highest BCUT2D eigenvalue weighted by Gasteiger charge is 2.54. The number of nitrogens with two attached hydrogens (primary N) is 1. The second-order valence-electron chi connectivity index (χ2n) is 9.16. The maximum absolute atomic E-state index is 13.8. The largest absolute Gasteiger partial charge is 0.490 e. The van der Waals surface area contributed by atoms with Gasteiger partial charge in [-0.1, -0.05) is 38.0 Å². The Labute approximate surface area is 202 Å². The molecule has 2 aromatic carbocycles. The van der Waals surface area contributed by atoms with Crippen molar-refractivity contribution >= 4 is 11.9 Å². The molecular weight excluding hydrogens is 457 g/mol. The van der Waals surface area contributed by atoms with E-state index in [0.717, 1.165) is 11.1 Å². The molecule has 2 aliphatic rings. The van der Waals surface area contributed by atoms with Gasteiger partial charge in [0, 0.05) is 19.0 Å². The summed E-state index contributed by atoms with van der Waals surface area (Å²) in [6, 6.07) is 14.3. The average molecular weight is 485 g/mol. The normalized spacial score (nSPS) is 22.4. The Morgan fingerprint density at radius 1 is 1.29 bits per heavy atom. The summed E-state index contributed by atoms with van der Waals surface area (Å²) in [6.45, 7) is 1.85. The lowest BCUT2D eigenvalue weighted by molar-refractivity contribution is -0.184. The summed E-state index contributed by atoms with van der Waals surface area (Å²) < 4.78 is 47.3. The number of aliphatic imine (C=N–C) groups is 1. The van der Waals surface area contributed by atoms with Gasteiger partial charge in [0.15, 0.2) is 11.5 Å². The maximum Gasteiger partial charge on any atom is 0.391 e. The lowest BCUT2D eigenvalue weighted by atomic mass is 9.78. The molecule has 0 aromatic heterocycles. The first-order valence-electron chi connectivity index (χ1n) is 11.6. The molecule has 2 heterocycles. The predicted octanol–water partition coefficient (Wildman–Crippen LogP) is 5.12. The van der Waals surface area contributed by atoms with Gasteiger partial charge in [0.25, 0.3) is 5.91 Å². The van der Waals surface area contributed by atoms with Crippen molar-refractivity contribution in [3.63, 3.8) is 0 Å². The van der Waals surface area contributed by atoms with Crippen LogP contribution in [0.2, 0.25) is 0 Å². The standard InChI is InChI=1S/C26H27F3N4O2/c1-3-4-8-19(26(27,28)29)13-20-14-25(23(34)33(2)24(31)32-25)21-12-18(9-10-22(21)35-20)17-7-5-6-16(11-17)15-30/h5-7,9-12,19-20H,3-4,8,13-14H2,1-2H3,(H2,31,32). The van der Waals surface area contributed by atoms with E-state index in [1.54, 1.807) is 36.4 Å². The summed E-state index contributed by atoms with van der Waals surface area (Å²) in [5.74, 6) is -1.60. The molecule has 1 amide bonds. The van der Waals surface area contributed by atoms with E-state index >= 15 is 0 Å². The van der Waals surface area contributed by atoms with Crippen LogP contribution >= 0.6 is 0 Å². The van der Waals surface area contributed by atoms with Crippen molar-refractivity contribution in [1.82, 2.24) is 4.90 Å². The van der Waals surface area contributed by atoms with Crippen LogP contribution in [0.15, 0.2) is 47.5 Å². The van der Waals surface area contributed by atoms with E-state index in [9.17, 15) is 23.2 Å².